The summed E-state index contributed by atoms with van der Waals surface area (Å²) in [5.41, 5.74) is 0.512. The zero-order chi connectivity index (χ0) is 22.9. The van der Waals surface area contributed by atoms with Gasteiger partial charge in [0.2, 0.25) is 0 Å². The lowest BCUT2D eigenvalue weighted by Gasteiger charge is -2.10. The zero-order valence-corrected chi connectivity index (χ0v) is 18.3. The van der Waals surface area contributed by atoms with Crippen LogP contribution in [0, 0.1) is 5.82 Å². The van der Waals surface area contributed by atoms with Gasteiger partial charge in [0.1, 0.15) is 11.6 Å². The third kappa shape index (κ3) is 6.63. The molecular weight excluding hydrogens is 458 g/mol. The first-order valence-electron chi connectivity index (χ1n) is 9.64. The van der Waals surface area contributed by atoms with Gasteiger partial charge in [-0.25, -0.2) is 14.4 Å². The zero-order valence-electron chi connectivity index (χ0n) is 16.8. The highest BCUT2D eigenvalue weighted by Crippen LogP contribution is 2.27. The van der Waals surface area contributed by atoms with Crippen LogP contribution in [0.15, 0.2) is 54.9 Å². The van der Waals surface area contributed by atoms with Crippen molar-refractivity contribution in [2.75, 3.05) is 13.2 Å². The number of nitrogens with zero attached hydrogens (tertiary/aromatic N) is 2. The van der Waals surface area contributed by atoms with Gasteiger partial charge in [0.25, 0.3) is 11.8 Å². The highest BCUT2D eigenvalue weighted by Gasteiger charge is 2.19. The third-order valence-corrected chi connectivity index (χ3v) is 4.78. The molecule has 0 unspecified atom stereocenters. The molecule has 0 saturated heterocycles. The summed E-state index contributed by atoms with van der Waals surface area (Å²) in [4.78, 5) is 33.0. The van der Waals surface area contributed by atoms with Gasteiger partial charge in [-0.1, -0.05) is 35.3 Å². The monoisotopic (exact) mass is 476 g/mol. The molecule has 0 aliphatic heterocycles. The van der Waals surface area contributed by atoms with Gasteiger partial charge in [0.05, 0.1) is 11.6 Å². The maximum atomic E-state index is 13.0. The van der Waals surface area contributed by atoms with Crippen LogP contribution in [0.25, 0.3) is 0 Å². The summed E-state index contributed by atoms with van der Waals surface area (Å²) in [5, 5.41) is 6.25. The minimum Gasteiger partial charge on any atom is -0.492 e. The summed E-state index contributed by atoms with van der Waals surface area (Å²) in [6.45, 7) is 0.756. The highest BCUT2D eigenvalue weighted by molar-refractivity contribution is 6.35. The summed E-state index contributed by atoms with van der Waals surface area (Å²) >= 11 is 11.9. The van der Waals surface area contributed by atoms with Crippen LogP contribution >= 0.6 is 23.2 Å². The number of carbonyl (C=O) groups is 2. The quantitative estimate of drug-likeness (QED) is 0.454. The molecule has 166 valence electrons. The molecule has 1 heterocycles. The molecule has 1 aromatic heterocycles. The first-order chi connectivity index (χ1) is 15.4. The van der Waals surface area contributed by atoms with Crippen molar-refractivity contribution in [2.45, 2.75) is 13.0 Å². The number of aromatic nitrogens is 2. The number of benzene rings is 2. The summed E-state index contributed by atoms with van der Waals surface area (Å²) in [6, 6.07) is 10.6. The van der Waals surface area contributed by atoms with Crippen LogP contribution in [0.1, 0.15) is 33.0 Å². The Morgan fingerprint density at radius 1 is 0.938 bits per heavy atom. The largest absolute Gasteiger partial charge is 0.492 e. The molecule has 2 amide bonds. The van der Waals surface area contributed by atoms with Crippen molar-refractivity contribution in [3.05, 3.63) is 87.7 Å². The average Bonchev–Trinajstić information content (AvgIpc) is 2.79. The molecule has 7 nitrogen and oxygen atoms in total. The van der Waals surface area contributed by atoms with Gasteiger partial charge < -0.3 is 15.4 Å². The maximum absolute atomic E-state index is 13.0. The fourth-order valence-corrected chi connectivity index (χ4v) is 3.13. The Bertz CT molecular complexity index is 1100. The molecule has 3 aromatic rings. The molecular formula is C22H19Cl2FN4O3. The van der Waals surface area contributed by atoms with Crippen LogP contribution in [0.2, 0.25) is 10.0 Å². The molecule has 0 atom stereocenters. The van der Waals surface area contributed by atoms with E-state index in [0.717, 1.165) is 0 Å². The Morgan fingerprint density at radius 3 is 2.25 bits per heavy atom. The van der Waals surface area contributed by atoms with Crippen LogP contribution in [0.4, 0.5) is 4.39 Å². The Balaban J connectivity index is 1.49. The van der Waals surface area contributed by atoms with Crippen LogP contribution in [-0.2, 0) is 6.54 Å². The lowest BCUT2D eigenvalue weighted by Crippen LogP contribution is -2.32. The van der Waals surface area contributed by atoms with Crippen molar-refractivity contribution in [2.24, 2.45) is 0 Å². The number of amides is 2. The molecule has 3 rings (SSSR count). The number of hydrogen-bond acceptors (Lipinski definition) is 5. The van der Waals surface area contributed by atoms with Crippen LogP contribution in [0.3, 0.4) is 0 Å². The van der Waals surface area contributed by atoms with Crippen molar-refractivity contribution in [3.8, 4) is 5.75 Å². The van der Waals surface area contributed by atoms with E-state index in [1.54, 1.807) is 30.3 Å². The van der Waals surface area contributed by atoms with Gasteiger partial charge in [0.15, 0.2) is 11.4 Å². The minimum absolute atomic E-state index is 0.0919. The Morgan fingerprint density at radius 2 is 1.59 bits per heavy atom. The SMILES string of the molecule is O=C(NCCCOc1ccc(Cl)cc1Cl)c1nccnc1C(=O)NCc1ccc(F)cc1. The Labute approximate surface area is 193 Å². The van der Waals surface area contributed by atoms with Crippen LogP contribution in [0.5, 0.6) is 5.75 Å². The van der Waals surface area contributed by atoms with Crippen LogP contribution in [-0.4, -0.2) is 34.9 Å². The Hall–Kier alpha value is -3.23. The summed E-state index contributed by atoms with van der Waals surface area (Å²) in [6.07, 6.45) is 3.15. The van der Waals surface area contributed by atoms with E-state index in [0.29, 0.717) is 34.4 Å². The number of halogens is 3. The van der Waals surface area contributed by atoms with Crippen molar-refractivity contribution in [3.63, 3.8) is 0 Å². The van der Waals surface area contributed by atoms with E-state index >= 15 is 0 Å². The van der Waals surface area contributed by atoms with Gasteiger partial charge in [-0.05, 0) is 42.3 Å². The molecule has 0 spiro atoms. The highest BCUT2D eigenvalue weighted by atomic mass is 35.5. The van der Waals surface area contributed by atoms with E-state index < -0.39 is 11.8 Å². The first kappa shape index (κ1) is 23.4. The second kappa shape index (κ2) is 11.4. The molecule has 0 radical (unpaired) electrons. The van der Waals surface area contributed by atoms with Gasteiger partial charge in [-0.15, -0.1) is 0 Å². The lowest BCUT2D eigenvalue weighted by molar-refractivity contribution is 0.0908. The second-order valence-electron chi connectivity index (χ2n) is 6.60. The molecule has 32 heavy (non-hydrogen) atoms. The fourth-order valence-electron chi connectivity index (χ4n) is 2.67. The smallest absolute Gasteiger partial charge is 0.272 e. The van der Waals surface area contributed by atoms with Gasteiger partial charge in [0, 0.05) is 30.5 Å². The number of hydrogen-bond donors (Lipinski definition) is 2. The topological polar surface area (TPSA) is 93.2 Å². The minimum atomic E-state index is -0.562. The Kier molecular flexibility index (Phi) is 8.35. The lowest BCUT2D eigenvalue weighted by atomic mass is 10.2. The summed E-state index contributed by atoms with van der Waals surface area (Å²) in [7, 11) is 0. The molecule has 0 aliphatic rings. The van der Waals surface area contributed by atoms with E-state index in [1.165, 1.54) is 24.5 Å². The van der Waals surface area contributed by atoms with Crippen LogP contribution < -0.4 is 15.4 Å². The van der Waals surface area contributed by atoms with Crippen molar-refractivity contribution >= 4 is 35.0 Å². The molecule has 0 aliphatic carbocycles. The van der Waals surface area contributed by atoms with E-state index in [4.69, 9.17) is 27.9 Å². The van der Waals surface area contributed by atoms with Crippen molar-refractivity contribution < 1.29 is 18.7 Å². The third-order valence-electron chi connectivity index (χ3n) is 4.25. The summed E-state index contributed by atoms with van der Waals surface area (Å²) < 4.78 is 18.6. The second-order valence-corrected chi connectivity index (χ2v) is 7.44. The molecule has 0 saturated carbocycles. The number of nitrogens with one attached hydrogen (secondary N) is 2. The maximum Gasteiger partial charge on any atom is 0.272 e. The molecule has 0 bridgehead atoms. The molecule has 2 aromatic carbocycles. The number of carbonyl (C=O) groups excluding carboxylic acids is 2. The van der Waals surface area contributed by atoms with E-state index in [-0.39, 0.29) is 30.3 Å². The molecule has 0 fully saturated rings. The van der Waals surface area contributed by atoms with Crippen molar-refractivity contribution in [1.29, 1.82) is 0 Å². The molecule has 10 heteroatoms. The van der Waals surface area contributed by atoms with Gasteiger partial charge in [-0.2, -0.15) is 0 Å². The van der Waals surface area contributed by atoms with Crippen molar-refractivity contribution in [1.82, 2.24) is 20.6 Å². The number of ether oxygens (including phenoxy) is 1. The van der Waals surface area contributed by atoms with E-state index in [1.807, 2.05) is 0 Å². The normalized spacial score (nSPS) is 10.5. The van der Waals surface area contributed by atoms with Gasteiger partial charge >= 0.3 is 0 Å². The summed E-state index contributed by atoms with van der Waals surface area (Å²) in [5.74, 6) is -0.964. The number of rotatable bonds is 9. The predicted octanol–water partition coefficient (Wildman–Crippen LogP) is 4.05. The van der Waals surface area contributed by atoms with Gasteiger partial charge in [-0.3, -0.25) is 9.59 Å². The van der Waals surface area contributed by atoms with E-state index in [2.05, 4.69) is 20.6 Å². The van der Waals surface area contributed by atoms with E-state index in [9.17, 15) is 14.0 Å². The molecule has 2 N–H and O–H groups in total. The average molecular weight is 477 g/mol. The standard InChI is InChI=1S/C22H19Cl2FN4O3/c23-15-4-7-18(17(24)12-15)32-11-1-8-28-21(30)19-20(27-10-9-26-19)22(31)29-13-14-2-5-16(25)6-3-14/h2-7,9-10,12H,1,8,11,13H2,(H,28,30)(H,29,31). The predicted molar refractivity (Wildman–Crippen MR) is 119 cm³/mol. The fraction of sp³-hybridized carbons (Fsp3) is 0.182. The first-order valence-corrected chi connectivity index (χ1v) is 10.4.